The highest BCUT2D eigenvalue weighted by atomic mass is 32.2. The molecule has 1 atom stereocenters. The fraction of sp³-hybridized carbons (Fsp3) is 0.235. The Morgan fingerprint density at radius 2 is 1.82 bits per heavy atom. The van der Waals surface area contributed by atoms with Crippen molar-refractivity contribution in [3.63, 3.8) is 0 Å². The van der Waals surface area contributed by atoms with Gasteiger partial charge in [0, 0.05) is 17.0 Å². The summed E-state index contributed by atoms with van der Waals surface area (Å²) < 4.78 is 12.8. The second kappa shape index (κ2) is 7.96. The van der Waals surface area contributed by atoms with Gasteiger partial charge in [0.2, 0.25) is 0 Å². The van der Waals surface area contributed by atoms with Crippen molar-refractivity contribution < 1.29 is 14.3 Å². The Kier molecular flexibility index (Phi) is 5.98. The number of aliphatic hydroxyl groups excluding tert-OH is 1. The minimum Gasteiger partial charge on any atom is -0.387 e. The molecule has 116 valence electrons. The lowest BCUT2D eigenvalue weighted by Gasteiger charge is -2.12. The minimum absolute atomic E-state index is 0.0793. The van der Waals surface area contributed by atoms with Gasteiger partial charge in [-0.15, -0.1) is 11.8 Å². The van der Waals surface area contributed by atoms with Crippen molar-refractivity contribution in [2.75, 3.05) is 12.3 Å². The summed E-state index contributed by atoms with van der Waals surface area (Å²) in [6.45, 7) is 2.15. The van der Waals surface area contributed by atoms with Crippen molar-refractivity contribution in [2.45, 2.75) is 17.9 Å². The average molecular weight is 319 g/mol. The monoisotopic (exact) mass is 319 g/mol. The SMILES string of the molecule is CCSc1ccc(C(=O)NCC(O)c2ccc(F)cc2)cc1. The van der Waals surface area contributed by atoms with E-state index in [0.717, 1.165) is 10.6 Å². The lowest BCUT2D eigenvalue weighted by atomic mass is 10.1. The van der Waals surface area contributed by atoms with Gasteiger partial charge < -0.3 is 10.4 Å². The Bertz CT molecular complexity index is 614. The second-order valence-electron chi connectivity index (χ2n) is 4.73. The number of benzene rings is 2. The van der Waals surface area contributed by atoms with E-state index in [4.69, 9.17) is 0 Å². The standard InChI is InChI=1S/C17H18FNO2S/c1-2-22-15-9-5-13(6-10-15)17(21)19-11-16(20)12-3-7-14(18)8-4-12/h3-10,16,20H,2,11H2,1H3,(H,19,21). The van der Waals surface area contributed by atoms with E-state index in [0.29, 0.717) is 11.1 Å². The van der Waals surface area contributed by atoms with Crippen molar-refractivity contribution in [1.29, 1.82) is 0 Å². The highest BCUT2D eigenvalue weighted by molar-refractivity contribution is 7.99. The van der Waals surface area contributed by atoms with Crippen molar-refractivity contribution in [3.8, 4) is 0 Å². The molecule has 2 N–H and O–H groups in total. The summed E-state index contributed by atoms with van der Waals surface area (Å²) in [6, 6.07) is 12.9. The van der Waals surface area contributed by atoms with Gasteiger partial charge in [0.1, 0.15) is 5.82 Å². The van der Waals surface area contributed by atoms with Gasteiger partial charge in [-0.3, -0.25) is 4.79 Å². The van der Waals surface area contributed by atoms with E-state index in [1.165, 1.54) is 24.3 Å². The van der Waals surface area contributed by atoms with Crippen LogP contribution in [-0.2, 0) is 0 Å². The van der Waals surface area contributed by atoms with Crippen LogP contribution >= 0.6 is 11.8 Å². The summed E-state index contributed by atoms with van der Waals surface area (Å²) >= 11 is 1.71. The molecule has 5 heteroatoms. The number of halogens is 1. The molecule has 0 aromatic heterocycles. The Morgan fingerprint density at radius 3 is 2.41 bits per heavy atom. The van der Waals surface area contributed by atoms with Gasteiger partial charge in [0.25, 0.3) is 5.91 Å². The van der Waals surface area contributed by atoms with Crippen LogP contribution in [0.15, 0.2) is 53.4 Å². The van der Waals surface area contributed by atoms with E-state index in [-0.39, 0.29) is 18.3 Å². The van der Waals surface area contributed by atoms with Crippen LogP contribution in [0.5, 0.6) is 0 Å². The number of thioether (sulfide) groups is 1. The summed E-state index contributed by atoms with van der Waals surface area (Å²) in [7, 11) is 0. The maximum atomic E-state index is 12.8. The zero-order valence-corrected chi connectivity index (χ0v) is 13.1. The van der Waals surface area contributed by atoms with E-state index >= 15 is 0 Å². The van der Waals surface area contributed by atoms with Crippen LogP contribution in [0.4, 0.5) is 4.39 Å². The van der Waals surface area contributed by atoms with Gasteiger partial charge in [0.05, 0.1) is 6.10 Å². The number of hydrogen-bond donors (Lipinski definition) is 2. The fourth-order valence-corrected chi connectivity index (χ4v) is 2.63. The molecule has 0 heterocycles. The van der Waals surface area contributed by atoms with Gasteiger partial charge in [-0.1, -0.05) is 19.1 Å². The predicted octanol–water partition coefficient (Wildman–Crippen LogP) is 3.40. The molecule has 0 aliphatic carbocycles. The third kappa shape index (κ3) is 4.58. The molecule has 0 aliphatic rings. The molecule has 0 bridgehead atoms. The molecule has 2 rings (SSSR count). The van der Waals surface area contributed by atoms with E-state index < -0.39 is 6.10 Å². The Hall–Kier alpha value is -1.85. The van der Waals surface area contributed by atoms with Crippen LogP contribution < -0.4 is 5.32 Å². The quantitative estimate of drug-likeness (QED) is 0.802. The fourth-order valence-electron chi connectivity index (χ4n) is 1.96. The van der Waals surface area contributed by atoms with Crippen LogP contribution in [-0.4, -0.2) is 23.3 Å². The lowest BCUT2D eigenvalue weighted by Crippen LogP contribution is -2.28. The number of carbonyl (C=O) groups excluding carboxylic acids is 1. The zero-order valence-electron chi connectivity index (χ0n) is 12.3. The molecule has 1 amide bonds. The van der Waals surface area contributed by atoms with Gasteiger partial charge in [-0.05, 0) is 47.7 Å². The molecule has 0 fully saturated rings. The first-order valence-corrected chi connectivity index (χ1v) is 8.03. The molecule has 1 unspecified atom stereocenters. The summed E-state index contributed by atoms with van der Waals surface area (Å²) in [5.41, 5.74) is 1.11. The lowest BCUT2D eigenvalue weighted by molar-refractivity contribution is 0.0916. The topological polar surface area (TPSA) is 49.3 Å². The molecule has 2 aromatic carbocycles. The number of amides is 1. The van der Waals surface area contributed by atoms with Crippen molar-refractivity contribution in [3.05, 3.63) is 65.5 Å². The third-order valence-electron chi connectivity index (χ3n) is 3.14. The maximum Gasteiger partial charge on any atom is 0.251 e. The van der Waals surface area contributed by atoms with Gasteiger partial charge >= 0.3 is 0 Å². The molecule has 3 nitrogen and oxygen atoms in total. The van der Waals surface area contributed by atoms with Crippen LogP contribution in [0, 0.1) is 5.82 Å². The molecule has 0 radical (unpaired) electrons. The Labute approximate surface area is 133 Å². The second-order valence-corrected chi connectivity index (χ2v) is 6.07. The molecule has 0 saturated heterocycles. The van der Waals surface area contributed by atoms with E-state index in [2.05, 4.69) is 12.2 Å². The maximum absolute atomic E-state index is 12.8. The minimum atomic E-state index is -0.862. The summed E-state index contributed by atoms with van der Waals surface area (Å²) in [4.78, 5) is 13.1. The highest BCUT2D eigenvalue weighted by Gasteiger charge is 2.11. The third-order valence-corrected chi connectivity index (χ3v) is 4.03. The highest BCUT2D eigenvalue weighted by Crippen LogP contribution is 2.18. The first kappa shape index (κ1) is 16.5. The number of hydrogen-bond acceptors (Lipinski definition) is 3. The number of carbonyl (C=O) groups is 1. The Morgan fingerprint density at radius 1 is 1.18 bits per heavy atom. The largest absolute Gasteiger partial charge is 0.387 e. The molecule has 0 saturated carbocycles. The van der Waals surface area contributed by atoms with E-state index in [9.17, 15) is 14.3 Å². The molecule has 0 spiro atoms. The smallest absolute Gasteiger partial charge is 0.251 e. The predicted molar refractivity (Wildman–Crippen MR) is 86.5 cm³/mol. The van der Waals surface area contributed by atoms with Crippen LogP contribution in [0.3, 0.4) is 0 Å². The molecule has 0 aliphatic heterocycles. The number of rotatable bonds is 6. The van der Waals surface area contributed by atoms with E-state index in [1.54, 1.807) is 23.9 Å². The number of nitrogens with one attached hydrogen (secondary N) is 1. The summed E-state index contributed by atoms with van der Waals surface area (Å²) in [6.07, 6.45) is -0.862. The summed E-state index contributed by atoms with van der Waals surface area (Å²) in [5.74, 6) is 0.384. The molecule has 22 heavy (non-hydrogen) atoms. The van der Waals surface area contributed by atoms with Crippen LogP contribution in [0.2, 0.25) is 0 Å². The summed E-state index contributed by atoms with van der Waals surface area (Å²) in [5, 5.41) is 12.7. The molecular weight excluding hydrogens is 301 g/mol. The average Bonchev–Trinajstić information content (AvgIpc) is 2.54. The Balaban J connectivity index is 1.90. The first-order valence-electron chi connectivity index (χ1n) is 7.04. The van der Waals surface area contributed by atoms with Gasteiger partial charge in [-0.2, -0.15) is 0 Å². The van der Waals surface area contributed by atoms with Crippen molar-refractivity contribution >= 4 is 17.7 Å². The zero-order chi connectivity index (χ0) is 15.9. The van der Waals surface area contributed by atoms with Crippen LogP contribution in [0.25, 0.3) is 0 Å². The van der Waals surface area contributed by atoms with Crippen molar-refractivity contribution in [1.82, 2.24) is 5.32 Å². The molecular formula is C17H18FNO2S. The first-order chi connectivity index (χ1) is 10.6. The van der Waals surface area contributed by atoms with Gasteiger partial charge in [-0.25, -0.2) is 4.39 Å². The van der Waals surface area contributed by atoms with Gasteiger partial charge in [0.15, 0.2) is 0 Å². The van der Waals surface area contributed by atoms with E-state index in [1.807, 2.05) is 12.1 Å². The molecule has 2 aromatic rings. The van der Waals surface area contributed by atoms with Crippen molar-refractivity contribution in [2.24, 2.45) is 0 Å². The number of aliphatic hydroxyl groups is 1. The normalized spacial score (nSPS) is 12.0. The van der Waals surface area contributed by atoms with Crippen LogP contribution in [0.1, 0.15) is 28.9 Å².